The zero-order chi connectivity index (χ0) is 18.6. The molecular formula is C23H29N3. The van der Waals surface area contributed by atoms with Crippen LogP contribution in [0.3, 0.4) is 0 Å². The fourth-order valence-electron chi connectivity index (χ4n) is 4.20. The summed E-state index contributed by atoms with van der Waals surface area (Å²) < 4.78 is 0. The van der Waals surface area contributed by atoms with Crippen LogP contribution < -0.4 is 4.90 Å². The van der Waals surface area contributed by atoms with Crippen molar-refractivity contribution in [1.29, 1.82) is 5.26 Å². The third kappa shape index (κ3) is 3.22. The zero-order valence-corrected chi connectivity index (χ0v) is 16.2. The molecule has 2 aromatic carbocycles. The van der Waals surface area contributed by atoms with Gasteiger partial charge in [-0.25, -0.2) is 0 Å². The predicted octanol–water partition coefficient (Wildman–Crippen LogP) is 4.89. The summed E-state index contributed by atoms with van der Waals surface area (Å²) in [6.45, 7) is 10.5. The topological polar surface area (TPSA) is 30.3 Å². The Bertz CT molecular complexity index is 788. The smallest absolute Gasteiger partial charge is 0.0895 e. The molecule has 0 aliphatic carbocycles. The largest absolute Gasteiger partial charge is 0.341 e. The molecule has 2 aromatic rings. The second-order valence-corrected chi connectivity index (χ2v) is 7.04. The SMILES string of the molecule is CCN(CC)CC[C@@]1(C#N)Cc2ccccc2N(CC)c2ccccc21. The molecule has 136 valence electrons. The van der Waals surface area contributed by atoms with Crippen molar-refractivity contribution in [3.63, 3.8) is 0 Å². The van der Waals surface area contributed by atoms with Gasteiger partial charge in [0.25, 0.3) is 0 Å². The summed E-state index contributed by atoms with van der Waals surface area (Å²) in [5, 5.41) is 10.4. The summed E-state index contributed by atoms with van der Waals surface area (Å²) >= 11 is 0. The van der Waals surface area contributed by atoms with Crippen LogP contribution in [0, 0.1) is 11.3 Å². The van der Waals surface area contributed by atoms with Crippen LogP contribution in [0.5, 0.6) is 0 Å². The Morgan fingerprint density at radius 1 is 1.00 bits per heavy atom. The van der Waals surface area contributed by atoms with Crippen LogP contribution in [0.15, 0.2) is 48.5 Å². The van der Waals surface area contributed by atoms with Gasteiger partial charge in [-0.15, -0.1) is 0 Å². The van der Waals surface area contributed by atoms with E-state index in [-0.39, 0.29) is 0 Å². The van der Waals surface area contributed by atoms with E-state index in [1.165, 1.54) is 22.5 Å². The Kier molecular flexibility index (Phi) is 5.64. The van der Waals surface area contributed by atoms with Gasteiger partial charge in [0.2, 0.25) is 0 Å². The second-order valence-electron chi connectivity index (χ2n) is 7.04. The van der Waals surface area contributed by atoms with Crippen LogP contribution in [0.25, 0.3) is 0 Å². The summed E-state index contributed by atoms with van der Waals surface area (Å²) in [6, 6.07) is 19.8. The molecule has 1 aliphatic heterocycles. The Morgan fingerprint density at radius 2 is 1.65 bits per heavy atom. The fourth-order valence-corrected chi connectivity index (χ4v) is 4.20. The average Bonchev–Trinajstić information content (AvgIpc) is 2.81. The monoisotopic (exact) mass is 347 g/mol. The van der Waals surface area contributed by atoms with Crippen molar-refractivity contribution in [3.05, 3.63) is 59.7 Å². The molecule has 1 atom stereocenters. The van der Waals surface area contributed by atoms with E-state index in [2.05, 4.69) is 85.2 Å². The van der Waals surface area contributed by atoms with Gasteiger partial charge in [-0.2, -0.15) is 5.26 Å². The molecule has 26 heavy (non-hydrogen) atoms. The maximum absolute atomic E-state index is 10.4. The Morgan fingerprint density at radius 3 is 2.31 bits per heavy atom. The predicted molar refractivity (Wildman–Crippen MR) is 109 cm³/mol. The lowest BCUT2D eigenvalue weighted by Crippen LogP contribution is -2.34. The first kappa shape index (κ1) is 18.5. The van der Waals surface area contributed by atoms with E-state index in [4.69, 9.17) is 0 Å². The van der Waals surface area contributed by atoms with E-state index >= 15 is 0 Å². The Labute approximate surface area is 157 Å². The number of nitrogens with zero attached hydrogens (tertiary/aromatic N) is 3. The first-order valence-electron chi connectivity index (χ1n) is 9.77. The minimum Gasteiger partial charge on any atom is -0.341 e. The van der Waals surface area contributed by atoms with Crippen LogP contribution in [-0.2, 0) is 11.8 Å². The fraction of sp³-hybridized carbons (Fsp3) is 0.435. The van der Waals surface area contributed by atoms with E-state index in [9.17, 15) is 5.26 Å². The summed E-state index contributed by atoms with van der Waals surface area (Å²) in [7, 11) is 0. The lowest BCUT2D eigenvalue weighted by Gasteiger charge is -2.31. The molecule has 1 heterocycles. The van der Waals surface area contributed by atoms with Gasteiger partial charge in [-0.05, 0) is 62.7 Å². The highest BCUT2D eigenvalue weighted by atomic mass is 15.1. The zero-order valence-electron chi connectivity index (χ0n) is 16.2. The van der Waals surface area contributed by atoms with Gasteiger partial charge >= 0.3 is 0 Å². The standard InChI is InChI=1S/C23H29N3/c1-4-25(5-2)16-15-23(18-24)17-19-11-7-9-13-21(19)26(6-3)22-14-10-8-12-20(22)23/h7-14H,4-6,15-17H2,1-3H3/t23-/m0/s1. The molecule has 0 aromatic heterocycles. The van der Waals surface area contributed by atoms with Crippen LogP contribution in [0.4, 0.5) is 11.4 Å². The van der Waals surface area contributed by atoms with Gasteiger partial charge in [0.1, 0.15) is 0 Å². The maximum atomic E-state index is 10.4. The first-order chi connectivity index (χ1) is 12.7. The molecule has 0 N–H and O–H groups in total. The lowest BCUT2D eigenvalue weighted by molar-refractivity contribution is 0.275. The molecule has 3 heteroatoms. The summed E-state index contributed by atoms with van der Waals surface area (Å²) in [5.74, 6) is 0. The summed E-state index contributed by atoms with van der Waals surface area (Å²) in [4.78, 5) is 4.78. The van der Waals surface area contributed by atoms with Gasteiger partial charge in [0.05, 0.1) is 11.5 Å². The van der Waals surface area contributed by atoms with Crippen LogP contribution in [-0.4, -0.2) is 31.1 Å². The van der Waals surface area contributed by atoms with Crippen molar-refractivity contribution < 1.29 is 0 Å². The Balaban J connectivity index is 2.13. The highest BCUT2D eigenvalue weighted by Gasteiger charge is 2.39. The number of fused-ring (bicyclic) bond motifs is 2. The highest BCUT2D eigenvalue weighted by molar-refractivity contribution is 5.73. The molecule has 0 fully saturated rings. The van der Waals surface area contributed by atoms with Crippen molar-refractivity contribution in [1.82, 2.24) is 4.90 Å². The number of rotatable bonds is 6. The van der Waals surface area contributed by atoms with Gasteiger partial charge in [0.15, 0.2) is 0 Å². The summed E-state index contributed by atoms with van der Waals surface area (Å²) in [5.41, 5.74) is 4.38. The number of anilines is 2. The van der Waals surface area contributed by atoms with Gasteiger partial charge in [-0.3, -0.25) is 0 Å². The van der Waals surface area contributed by atoms with E-state index in [0.29, 0.717) is 0 Å². The molecule has 3 nitrogen and oxygen atoms in total. The molecular weight excluding hydrogens is 318 g/mol. The van der Waals surface area contributed by atoms with Crippen LogP contribution >= 0.6 is 0 Å². The maximum Gasteiger partial charge on any atom is 0.0895 e. The van der Waals surface area contributed by atoms with Crippen molar-refractivity contribution in [2.75, 3.05) is 31.1 Å². The third-order valence-electron chi connectivity index (χ3n) is 5.76. The average molecular weight is 348 g/mol. The molecule has 0 radical (unpaired) electrons. The number of para-hydroxylation sites is 2. The van der Waals surface area contributed by atoms with Gasteiger partial charge in [-0.1, -0.05) is 50.2 Å². The number of hydrogen-bond donors (Lipinski definition) is 0. The lowest BCUT2D eigenvalue weighted by atomic mass is 9.74. The number of benzene rings is 2. The molecule has 0 amide bonds. The number of hydrogen-bond acceptors (Lipinski definition) is 3. The molecule has 0 bridgehead atoms. The third-order valence-corrected chi connectivity index (χ3v) is 5.76. The van der Waals surface area contributed by atoms with Crippen molar-refractivity contribution in [2.45, 2.75) is 39.0 Å². The minimum atomic E-state index is -0.487. The molecule has 3 rings (SSSR count). The van der Waals surface area contributed by atoms with Crippen molar-refractivity contribution >= 4 is 11.4 Å². The van der Waals surface area contributed by atoms with Crippen molar-refractivity contribution in [3.8, 4) is 6.07 Å². The highest BCUT2D eigenvalue weighted by Crippen LogP contribution is 2.45. The Hall–Kier alpha value is -2.31. The van der Waals surface area contributed by atoms with E-state index in [0.717, 1.165) is 39.0 Å². The van der Waals surface area contributed by atoms with E-state index < -0.39 is 5.41 Å². The second kappa shape index (κ2) is 7.93. The normalized spacial score (nSPS) is 18.8. The molecule has 1 aliphatic rings. The van der Waals surface area contributed by atoms with Gasteiger partial charge in [0, 0.05) is 17.9 Å². The quantitative estimate of drug-likeness (QED) is 0.745. The summed E-state index contributed by atoms with van der Waals surface area (Å²) in [6.07, 6.45) is 1.63. The molecule has 0 saturated heterocycles. The van der Waals surface area contributed by atoms with E-state index in [1.54, 1.807) is 0 Å². The van der Waals surface area contributed by atoms with Crippen LogP contribution in [0.1, 0.15) is 38.3 Å². The van der Waals surface area contributed by atoms with Crippen LogP contribution in [0.2, 0.25) is 0 Å². The first-order valence-corrected chi connectivity index (χ1v) is 9.77. The minimum absolute atomic E-state index is 0.487. The van der Waals surface area contributed by atoms with Crippen molar-refractivity contribution in [2.24, 2.45) is 0 Å². The molecule has 0 saturated carbocycles. The number of nitriles is 1. The van der Waals surface area contributed by atoms with E-state index in [1.807, 2.05) is 0 Å². The molecule has 0 unspecified atom stereocenters. The molecule has 0 spiro atoms. The van der Waals surface area contributed by atoms with Gasteiger partial charge < -0.3 is 9.80 Å².